The summed E-state index contributed by atoms with van der Waals surface area (Å²) in [5.41, 5.74) is 4.37. The summed E-state index contributed by atoms with van der Waals surface area (Å²) in [6, 6.07) is 21.0. The summed E-state index contributed by atoms with van der Waals surface area (Å²) in [7, 11) is 0. The average Bonchev–Trinajstić information content (AvgIpc) is 2.80. The smallest absolute Gasteiger partial charge is 0.323 e. The van der Waals surface area contributed by atoms with Crippen molar-refractivity contribution >= 4 is 29.2 Å². The molecule has 0 spiro atoms. The molecule has 7 nitrogen and oxygen atoms in total. The van der Waals surface area contributed by atoms with E-state index in [-0.39, 0.29) is 17.8 Å². The van der Waals surface area contributed by atoms with E-state index >= 15 is 0 Å². The molecule has 0 atom stereocenters. The van der Waals surface area contributed by atoms with Crippen LogP contribution in [0.3, 0.4) is 0 Å². The Balaban J connectivity index is 1.44. The first-order valence-corrected chi connectivity index (χ1v) is 10.3. The Morgan fingerprint density at radius 3 is 1.91 bits per heavy atom. The Bertz CT molecular complexity index is 1100. The van der Waals surface area contributed by atoms with E-state index in [2.05, 4.69) is 21.3 Å². The fraction of sp³-hybridized carbons (Fsp3) is 0.160. The third kappa shape index (κ3) is 6.43. The van der Waals surface area contributed by atoms with Crippen LogP contribution in [-0.4, -0.2) is 30.9 Å². The molecule has 164 valence electrons. The summed E-state index contributed by atoms with van der Waals surface area (Å²) in [5, 5.41) is 11.1. The number of rotatable bonds is 7. The van der Waals surface area contributed by atoms with Gasteiger partial charge in [-0.1, -0.05) is 30.3 Å². The molecule has 3 aromatic carbocycles. The van der Waals surface area contributed by atoms with Gasteiger partial charge in [-0.15, -0.1) is 0 Å². The lowest BCUT2D eigenvalue weighted by molar-refractivity contribution is 0.0927. The van der Waals surface area contributed by atoms with E-state index in [4.69, 9.17) is 0 Å². The van der Waals surface area contributed by atoms with Gasteiger partial charge >= 0.3 is 6.03 Å². The second-order valence-electron chi connectivity index (χ2n) is 7.35. The molecule has 0 saturated carbocycles. The van der Waals surface area contributed by atoms with Crippen LogP contribution in [0.5, 0.6) is 0 Å². The quantitative estimate of drug-likeness (QED) is 0.425. The minimum absolute atomic E-state index is 0.186. The summed E-state index contributed by atoms with van der Waals surface area (Å²) in [6.45, 7) is 4.51. The van der Waals surface area contributed by atoms with Gasteiger partial charge < -0.3 is 21.3 Å². The predicted octanol–water partition coefficient (Wildman–Crippen LogP) is 4.11. The number of hydrogen-bond acceptors (Lipinski definition) is 3. The van der Waals surface area contributed by atoms with Crippen LogP contribution in [0.25, 0.3) is 0 Å². The number of amides is 4. The first kappa shape index (κ1) is 22.6. The maximum atomic E-state index is 12.3. The minimum Gasteiger partial charge on any atom is -0.350 e. The maximum Gasteiger partial charge on any atom is 0.323 e. The largest absolute Gasteiger partial charge is 0.350 e. The molecule has 0 unspecified atom stereocenters. The van der Waals surface area contributed by atoms with Crippen molar-refractivity contribution < 1.29 is 14.4 Å². The zero-order valence-corrected chi connectivity index (χ0v) is 18.1. The molecule has 0 aliphatic rings. The monoisotopic (exact) mass is 430 g/mol. The molecule has 0 aliphatic heterocycles. The van der Waals surface area contributed by atoms with Crippen LogP contribution in [0.4, 0.5) is 16.2 Å². The van der Waals surface area contributed by atoms with Gasteiger partial charge in [0.25, 0.3) is 11.8 Å². The molecule has 3 aromatic rings. The van der Waals surface area contributed by atoms with Crippen LogP contribution in [0, 0.1) is 13.8 Å². The number of carbonyl (C=O) groups excluding carboxylic acids is 3. The van der Waals surface area contributed by atoms with Gasteiger partial charge in [-0.2, -0.15) is 0 Å². The molecule has 0 aromatic heterocycles. The number of aryl methyl sites for hydroxylation is 2. The van der Waals surface area contributed by atoms with Crippen molar-refractivity contribution in [3.8, 4) is 0 Å². The van der Waals surface area contributed by atoms with Crippen LogP contribution in [0.1, 0.15) is 31.8 Å². The van der Waals surface area contributed by atoms with E-state index in [0.717, 1.165) is 16.8 Å². The predicted molar refractivity (Wildman–Crippen MR) is 126 cm³/mol. The highest BCUT2D eigenvalue weighted by molar-refractivity contribution is 6.01. The van der Waals surface area contributed by atoms with Gasteiger partial charge in [0.05, 0.1) is 0 Å². The van der Waals surface area contributed by atoms with E-state index in [1.54, 1.807) is 48.5 Å². The van der Waals surface area contributed by atoms with Gasteiger partial charge in [0, 0.05) is 35.6 Å². The van der Waals surface area contributed by atoms with Crippen molar-refractivity contribution in [1.82, 2.24) is 10.6 Å². The molecule has 0 heterocycles. The summed E-state index contributed by atoms with van der Waals surface area (Å²) in [4.78, 5) is 36.5. The van der Waals surface area contributed by atoms with E-state index in [1.165, 1.54) is 0 Å². The summed E-state index contributed by atoms with van der Waals surface area (Å²) in [6.07, 6.45) is 0. The van der Waals surface area contributed by atoms with E-state index in [1.807, 2.05) is 38.1 Å². The van der Waals surface area contributed by atoms with Crippen molar-refractivity contribution in [1.29, 1.82) is 0 Å². The first-order valence-electron chi connectivity index (χ1n) is 10.3. The molecule has 4 N–H and O–H groups in total. The van der Waals surface area contributed by atoms with Crippen molar-refractivity contribution in [2.45, 2.75) is 13.8 Å². The third-order valence-corrected chi connectivity index (χ3v) is 4.78. The number of benzene rings is 3. The second-order valence-corrected chi connectivity index (χ2v) is 7.35. The van der Waals surface area contributed by atoms with Crippen LogP contribution in [0.2, 0.25) is 0 Å². The third-order valence-electron chi connectivity index (χ3n) is 4.78. The number of anilines is 2. The fourth-order valence-corrected chi connectivity index (χ4v) is 3.01. The normalized spacial score (nSPS) is 10.2. The first-order chi connectivity index (χ1) is 15.4. The highest BCUT2D eigenvalue weighted by Crippen LogP contribution is 2.17. The van der Waals surface area contributed by atoms with Crippen LogP contribution in [-0.2, 0) is 0 Å². The van der Waals surface area contributed by atoms with Gasteiger partial charge in [-0.25, -0.2) is 4.79 Å². The molecule has 0 radical (unpaired) electrons. The lowest BCUT2D eigenvalue weighted by atomic mass is 10.1. The molecule has 0 saturated heterocycles. The lowest BCUT2D eigenvalue weighted by Crippen LogP contribution is -2.34. The number of urea groups is 1. The topological polar surface area (TPSA) is 99.3 Å². The van der Waals surface area contributed by atoms with Gasteiger partial charge in [0.1, 0.15) is 0 Å². The summed E-state index contributed by atoms with van der Waals surface area (Å²) >= 11 is 0. The highest BCUT2D eigenvalue weighted by atomic mass is 16.2. The Morgan fingerprint density at radius 2 is 1.28 bits per heavy atom. The van der Waals surface area contributed by atoms with E-state index < -0.39 is 0 Å². The molecule has 3 rings (SSSR count). The second kappa shape index (κ2) is 10.8. The number of carbonyl (C=O) groups is 3. The SMILES string of the molecule is Cc1ccc(C)c(NC(=O)Nc2ccc(C(=O)NCCNC(=O)c3ccccc3)cc2)c1. The highest BCUT2D eigenvalue weighted by Gasteiger charge is 2.09. The van der Waals surface area contributed by atoms with Crippen molar-refractivity contribution in [3.63, 3.8) is 0 Å². The molecule has 7 heteroatoms. The van der Waals surface area contributed by atoms with E-state index in [0.29, 0.717) is 29.9 Å². The summed E-state index contributed by atoms with van der Waals surface area (Å²) < 4.78 is 0. The fourth-order valence-electron chi connectivity index (χ4n) is 3.01. The van der Waals surface area contributed by atoms with Crippen molar-refractivity contribution in [2.24, 2.45) is 0 Å². The van der Waals surface area contributed by atoms with Gasteiger partial charge in [-0.05, 0) is 67.4 Å². The Morgan fingerprint density at radius 1 is 0.688 bits per heavy atom. The van der Waals surface area contributed by atoms with Crippen LogP contribution < -0.4 is 21.3 Å². The summed E-state index contributed by atoms with van der Waals surface area (Å²) in [5.74, 6) is -0.445. The van der Waals surface area contributed by atoms with Crippen molar-refractivity contribution in [3.05, 3.63) is 95.1 Å². The average molecular weight is 431 g/mol. The van der Waals surface area contributed by atoms with Gasteiger partial charge in [0.15, 0.2) is 0 Å². The zero-order valence-electron chi connectivity index (χ0n) is 18.1. The van der Waals surface area contributed by atoms with Crippen molar-refractivity contribution in [2.75, 3.05) is 23.7 Å². The standard InChI is InChI=1S/C25H26N4O3/c1-17-8-9-18(2)22(16-17)29-25(32)28-21-12-10-20(11-13-21)24(31)27-15-14-26-23(30)19-6-4-3-5-7-19/h3-13,16H,14-15H2,1-2H3,(H,26,30)(H,27,31)(H2,28,29,32). The van der Waals surface area contributed by atoms with Crippen LogP contribution in [0.15, 0.2) is 72.8 Å². The Kier molecular flexibility index (Phi) is 7.59. The molecule has 0 fully saturated rings. The number of nitrogens with one attached hydrogen (secondary N) is 4. The van der Waals surface area contributed by atoms with E-state index in [9.17, 15) is 14.4 Å². The molecule has 0 aliphatic carbocycles. The minimum atomic E-state index is -0.356. The molecular weight excluding hydrogens is 404 g/mol. The zero-order chi connectivity index (χ0) is 22.9. The lowest BCUT2D eigenvalue weighted by Gasteiger charge is -2.11. The molecule has 32 heavy (non-hydrogen) atoms. The molecular formula is C25H26N4O3. The molecule has 0 bridgehead atoms. The Hall–Kier alpha value is -4.13. The number of hydrogen-bond donors (Lipinski definition) is 4. The van der Waals surface area contributed by atoms with Gasteiger partial charge in [-0.3, -0.25) is 9.59 Å². The Labute approximate surface area is 187 Å². The van der Waals surface area contributed by atoms with Crippen LogP contribution >= 0.6 is 0 Å². The maximum absolute atomic E-state index is 12.3. The van der Waals surface area contributed by atoms with Gasteiger partial charge in [0.2, 0.25) is 0 Å². The molecule has 4 amide bonds.